The van der Waals surface area contributed by atoms with Crippen molar-refractivity contribution in [3.63, 3.8) is 0 Å². The van der Waals surface area contributed by atoms with Gasteiger partial charge in [0.2, 0.25) is 0 Å². The highest BCUT2D eigenvalue weighted by Crippen LogP contribution is 2.30. The lowest BCUT2D eigenvalue weighted by molar-refractivity contribution is -0.143. The van der Waals surface area contributed by atoms with Gasteiger partial charge < -0.3 is 14.2 Å². The van der Waals surface area contributed by atoms with Gasteiger partial charge in [0.15, 0.2) is 6.61 Å². The third kappa shape index (κ3) is 5.56. The molecule has 164 valence electrons. The van der Waals surface area contributed by atoms with E-state index in [0.29, 0.717) is 22.9 Å². The van der Waals surface area contributed by atoms with Crippen molar-refractivity contribution < 1.29 is 32.2 Å². The highest BCUT2D eigenvalue weighted by atomic mass is 19.4. The zero-order chi connectivity index (χ0) is 22.6. The number of carbonyl (C=O) groups is 1. The Labute approximate surface area is 177 Å². The maximum atomic E-state index is 12.7. The van der Waals surface area contributed by atoms with E-state index >= 15 is 0 Å². The van der Waals surface area contributed by atoms with Crippen molar-refractivity contribution >= 4 is 5.97 Å². The second kappa shape index (κ2) is 9.11. The summed E-state index contributed by atoms with van der Waals surface area (Å²) in [5.41, 5.74) is 2.10. The Morgan fingerprint density at radius 2 is 1.77 bits per heavy atom. The van der Waals surface area contributed by atoms with E-state index in [-0.39, 0.29) is 13.2 Å². The molecule has 1 heterocycles. The topological polar surface area (TPSA) is 62.6 Å². The summed E-state index contributed by atoms with van der Waals surface area (Å²) < 4.78 is 55.5. The maximum absolute atomic E-state index is 12.7. The van der Waals surface area contributed by atoms with Gasteiger partial charge in [-0.25, -0.2) is 9.48 Å². The van der Waals surface area contributed by atoms with E-state index in [1.807, 2.05) is 6.92 Å². The van der Waals surface area contributed by atoms with Crippen molar-refractivity contribution in [2.45, 2.75) is 26.6 Å². The second-order valence-electron chi connectivity index (χ2n) is 6.81. The summed E-state index contributed by atoms with van der Waals surface area (Å²) in [5.74, 6) is 0.675. The van der Waals surface area contributed by atoms with E-state index < -0.39 is 17.7 Å². The van der Waals surface area contributed by atoms with Gasteiger partial charge in [0.05, 0.1) is 24.1 Å². The van der Waals surface area contributed by atoms with E-state index in [1.165, 1.54) is 23.9 Å². The minimum Gasteiger partial charge on any atom is -0.489 e. The van der Waals surface area contributed by atoms with E-state index in [2.05, 4.69) is 9.84 Å². The molecular weight excluding hydrogens is 413 g/mol. The zero-order valence-electron chi connectivity index (χ0n) is 17.2. The van der Waals surface area contributed by atoms with Crippen LogP contribution in [0, 0.1) is 13.8 Å². The van der Waals surface area contributed by atoms with Crippen LogP contribution in [0.5, 0.6) is 11.5 Å². The largest absolute Gasteiger partial charge is 0.489 e. The van der Waals surface area contributed by atoms with Crippen molar-refractivity contribution in [1.82, 2.24) is 9.78 Å². The average molecular weight is 434 g/mol. The first-order valence-electron chi connectivity index (χ1n) is 9.33. The number of carbonyl (C=O) groups excluding carboxylic acids is 1. The van der Waals surface area contributed by atoms with Gasteiger partial charge in [-0.2, -0.15) is 18.3 Å². The SMILES string of the molecule is COC(=O)COc1ccc(OCc2cn(-c3ccc(C(F)(F)F)cc3)nc2C)cc1C. The van der Waals surface area contributed by atoms with Gasteiger partial charge in [-0.1, -0.05) is 0 Å². The van der Waals surface area contributed by atoms with Crippen molar-refractivity contribution in [3.05, 3.63) is 71.0 Å². The molecule has 9 heteroatoms. The predicted octanol–water partition coefficient (Wildman–Crippen LogP) is 4.64. The van der Waals surface area contributed by atoms with Crippen LogP contribution in [0.25, 0.3) is 5.69 Å². The minimum absolute atomic E-state index is 0.181. The van der Waals surface area contributed by atoms with Crippen LogP contribution in [-0.4, -0.2) is 29.5 Å². The monoisotopic (exact) mass is 434 g/mol. The number of aryl methyl sites for hydroxylation is 2. The van der Waals surface area contributed by atoms with Crippen LogP contribution < -0.4 is 9.47 Å². The van der Waals surface area contributed by atoms with Gasteiger partial charge >= 0.3 is 12.1 Å². The first kappa shape index (κ1) is 22.2. The van der Waals surface area contributed by atoms with Crippen LogP contribution in [0.1, 0.15) is 22.4 Å². The third-order valence-electron chi connectivity index (χ3n) is 4.57. The van der Waals surface area contributed by atoms with Gasteiger partial charge in [0.1, 0.15) is 18.1 Å². The molecule has 0 N–H and O–H groups in total. The smallest absolute Gasteiger partial charge is 0.416 e. The quantitative estimate of drug-likeness (QED) is 0.507. The first-order chi connectivity index (χ1) is 14.7. The highest BCUT2D eigenvalue weighted by molar-refractivity contribution is 5.70. The third-order valence-corrected chi connectivity index (χ3v) is 4.57. The number of hydrogen-bond acceptors (Lipinski definition) is 5. The molecule has 0 atom stereocenters. The van der Waals surface area contributed by atoms with E-state index in [0.717, 1.165) is 23.3 Å². The van der Waals surface area contributed by atoms with Crippen LogP contribution in [-0.2, 0) is 22.3 Å². The molecule has 2 aromatic carbocycles. The van der Waals surface area contributed by atoms with Crippen LogP contribution >= 0.6 is 0 Å². The maximum Gasteiger partial charge on any atom is 0.416 e. The second-order valence-corrected chi connectivity index (χ2v) is 6.81. The molecular formula is C22H21F3N2O4. The molecule has 0 aliphatic rings. The Balaban J connectivity index is 1.66. The normalized spacial score (nSPS) is 11.3. The number of alkyl halides is 3. The predicted molar refractivity (Wildman–Crippen MR) is 106 cm³/mol. The number of rotatable bonds is 7. The number of ether oxygens (including phenoxy) is 3. The standard InChI is InChI=1S/C22H21F3N2O4/c1-14-10-19(8-9-20(14)31-13-21(28)29-3)30-12-16-11-27(26-15(16)2)18-6-4-17(5-7-18)22(23,24)25/h4-11H,12-13H2,1-3H3. The lowest BCUT2D eigenvalue weighted by Crippen LogP contribution is -2.13. The lowest BCUT2D eigenvalue weighted by atomic mass is 10.2. The molecule has 0 saturated heterocycles. The molecule has 3 aromatic rings. The number of aromatic nitrogens is 2. The Morgan fingerprint density at radius 3 is 2.39 bits per heavy atom. The molecule has 0 saturated carbocycles. The fourth-order valence-corrected chi connectivity index (χ4v) is 2.80. The van der Waals surface area contributed by atoms with Crippen molar-refractivity contribution in [2.24, 2.45) is 0 Å². The molecule has 0 fully saturated rings. The van der Waals surface area contributed by atoms with Gasteiger partial charge in [-0.05, 0) is 61.9 Å². The molecule has 0 bridgehead atoms. The van der Waals surface area contributed by atoms with Gasteiger partial charge in [0, 0.05) is 11.8 Å². The Bertz CT molecular complexity index is 1060. The molecule has 0 aliphatic heterocycles. The molecule has 1 aromatic heterocycles. The summed E-state index contributed by atoms with van der Waals surface area (Å²) >= 11 is 0. The first-order valence-corrected chi connectivity index (χ1v) is 9.33. The summed E-state index contributed by atoms with van der Waals surface area (Å²) in [7, 11) is 1.29. The molecule has 0 amide bonds. The minimum atomic E-state index is -4.38. The summed E-state index contributed by atoms with van der Waals surface area (Å²) in [5, 5.41) is 4.36. The molecule has 31 heavy (non-hydrogen) atoms. The van der Waals surface area contributed by atoms with Crippen LogP contribution in [0.2, 0.25) is 0 Å². The van der Waals surface area contributed by atoms with Crippen molar-refractivity contribution in [3.8, 4) is 17.2 Å². The summed E-state index contributed by atoms with van der Waals surface area (Å²) in [6, 6.07) is 9.99. The molecule has 0 unspecified atom stereocenters. The van der Waals surface area contributed by atoms with Crippen molar-refractivity contribution in [2.75, 3.05) is 13.7 Å². The number of halogens is 3. The molecule has 0 spiro atoms. The summed E-state index contributed by atoms with van der Waals surface area (Å²) in [4.78, 5) is 11.2. The zero-order valence-corrected chi connectivity index (χ0v) is 17.2. The van der Waals surface area contributed by atoms with Gasteiger partial charge in [0.25, 0.3) is 0 Å². The highest BCUT2D eigenvalue weighted by Gasteiger charge is 2.30. The van der Waals surface area contributed by atoms with Crippen LogP contribution in [0.3, 0.4) is 0 Å². The van der Waals surface area contributed by atoms with E-state index in [1.54, 1.807) is 31.3 Å². The number of hydrogen-bond donors (Lipinski definition) is 0. The Morgan fingerprint density at radius 1 is 1.06 bits per heavy atom. The summed E-state index contributed by atoms with van der Waals surface area (Å²) in [6.07, 6.45) is -2.66. The molecule has 0 radical (unpaired) electrons. The van der Waals surface area contributed by atoms with Crippen LogP contribution in [0.15, 0.2) is 48.7 Å². The number of benzene rings is 2. The number of esters is 1. The lowest BCUT2D eigenvalue weighted by Gasteiger charge is -2.11. The average Bonchev–Trinajstić information content (AvgIpc) is 3.11. The molecule has 0 aliphatic carbocycles. The van der Waals surface area contributed by atoms with E-state index in [4.69, 9.17) is 9.47 Å². The summed E-state index contributed by atoms with van der Waals surface area (Å²) in [6.45, 7) is 3.68. The Hall–Kier alpha value is -3.49. The molecule has 6 nitrogen and oxygen atoms in total. The number of nitrogens with zero attached hydrogens (tertiary/aromatic N) is 2. The van der Waals surface area contributed by atoms with Gasteiger partial charge in [-0.15, -0.1) is 0 Å². The fraction of sp³-hybridized carbons (Fsp3) is 0.273. The number of methoxy groups -OCH3 is 1. The van der Waals surface area contributed by atoms with Crippen LogP contribution in [0.4, 0.5) is 13.2 Å². The van der Waals surface area contributed by atoms with Gasteiger partial charge in [-0.3, -0.25) is 0 Å². The van der Waals surface area contributed by atoms with Crippen molar-refractivity contribution in [1.29, 1.82) is 0 Å². The van der Waals surface area contributed by atoms with E-state index in [9.17, 15) is 18.0 Å². The molecule has 3 rings (SSSR count). The Kier molecular flexibility index (Phi) is 6.53. The fourth-order valence-electron chi connectivity index (χ4n) is 2.80.